The molecule has 0 unspecified atom stereocenters. The van der Waals surface area contributed by atoms with Crippen molar-refractivity contribution in [2.45, 2.75) is 50.2 Å². The standard InChI is InChI=1S/C22H25N5O7/c28-13-15(12-20(31)32)24-21(33)17-2-1-11-26-19(30)6-4-16(22(34)27(17)26)25-18(29)5-3-14-7-9-23-10-8-14/h3,5,7-10,13,15-17H,1-2,4,6,11-12H2,(H,24,33)(H,25,29)(H,31,32)/t15-,16-,17-/m0/s1. The van der Waals surface area contributed by atoms with Gasteiger partial charge in [-0.05, 0) is 43.0 Å². The molecule has 3 heterocycles. The van der Waals surface area contributed by atoms with Gasteiger partial charge in [-0.2, -0.15) is 0 Å². The Labute approximate surface area is 195 Å². The molecule has 12 heteroatoms. The summed E-state index contributed by atoms with van der Waals surface area (Å²) >= 11 is 0. The molecule has 0 aliphatic carbocycles. The van der Waals surface area contributed by atoms with Crippen LogP contribution in [0.2, 0.25) is 0 Å². The molecule has 3 N–H and O–H groups in total. The van der Waals surface area contributed by atoms with E-state index in [4.69, 9.17) is 5.11 Å². The van der Waals surface area contributed by atoms with E-state index in [1.807, 2.05) is 0 Å². The maximum absolute atomic E-state index is 13.3. The first-order valence-corrected chi connectivity index (χ1v) is 10.8. The number of carbonyl (C=O) groups excluding carboxylic acids is 5. The van der Waals surface area contributed by atoms with Crippen LogP contribution in [0.3, 0.4) is 0 Å². The molecule has 2 saturated heterocycles. The summed E-state index contributed by atoms with van der Waals surface area (Å²) in [6.07, 6.45) is 6.34. The lowest BCUT2D eigenvalue weighted by Crippen LogP contribution is -2.64. The first-order valence-electron chi connectivity index (χ1n) is 10.8. The van der Waals surface area contributed by atoms with Crippen LogP contribution in [0, 0.1) is 0 Å². The zero-order valence-electron chi connectivity index (χ0n) is 18.3. The molecule has 34 heavy (non-hydrogen) atoms. The fourth-order valence-corrected chi connectivity index (χ4v) is 3.87. The van der Waals surface area contributed by atoms with Crippen molar-refractivity contribution in [1.82, 2.24) is 25.6 Å². The number of pyridine rings is 1. The lowest BCUT2D eigenvalue weighted by atomic mass is 10.0. The summed E-state index contributed by atoms with van der Waals surface area (Å²) in [7, 11) is 0. The molecule has 1 aromatic heterocycles. The smallest absolute Gasteiger partial charge is 0.305 e. The highest BCUT2D eigenvalue weighted by Crippen LogP contribution is 2.25. The number of aromatic nitrogens is 1. The van der Waals surface area contributed by atoms with Crippen LogP contribution < -0.4 is 10.6 Å². The summed E-state index contributed by atoms with van der Waals surface area (Å²) in [5.41, 5.74) is 0.734. The maximum atomic E-state index is 13.3. The van der Waals surface area contributed by atoms with E-state index in [9.17, 15) is 28.8 Å². The van der Waals surface area contributed by atoms with Crippen molar-refractivity contribution in [3.63, 3.8) is 0 Å². The number of hydrogen-bond donors (Lipinski definition) is 3. The van der Waals surface area contributed by atoms with Crippen LogP contribution >= 0.6 is 0 Å². The first-order chi connectivity index (χ1) is 16.3. The molecule has 4 amide bonds. The van der Waals surface area contributed by atoms with Gasteiger partial charge >= 0.3 is 5.97 Å². The van der Waals surface area contributed by atoms with E-state index < -0.39 is 48.2 Å². The molecule has 0 spiro atoms. The molecule has 0 radical (unpaired) electrons. The molecule has 3 atom stereocenters. The number of fused-ring (bicyclic) bond motifs is 1. The maximum Gasteiger partial charge on any atom is 0.305 e. The van der Waals surface area contributed by atoms with Crippen LogP contribution in [0.1, 0.15) is 37.7 Å². The number of carbonyl (C=O) groups is 6. The van der Waals surface area contributed by atoms with Crippen LogP contribution in [0.25, 0.3) is 6.08 Å². The molecule has 2 aliphatic rings. The van der Waals surface area contributed by atoms with Gasteiger partial charge in [0.15, 0.2) is 0 Å². The largest absolute Gasteiger partial charge is 0.481 e. The quantitative estimate of drug-likeness (QED) is 0.329. The first kappa shape index (κ1) is 24.6. The zero-order chi connectivity index (χ0) is 24.7. The number of nitrogens with zero attached hydrogens (tertiary/aromatic N) is 3. The molecule has 2 aliphatic heterocycles. The van der Waals surface area contributed by atoms with Crippen molar-refractivity contribution in [2.24, 2.45) is 0 Å². The monoisotopic (exact) mass is 471 g/mol. The van der Waals surface area contributed by atoms with E-state index >= 15 is 0 Å². The van der Waals surface area contributed by atoms with Gasteiger partial charge in [0, 0.05) is 31.4 Å². The van der Waals surface area contributed by atoms with Crippen LogP contribution in [-0.4, -0.2) is 80.7 Å². The number of hydrogen-bond acceptors (Lipinski definition) is 7. The molecular formula is C22H25N5O7. The zero-order valence-corrected chi connectivity index (χ0v) is 18.3. The molecule has 180 valence electrons. The fourth-order valence-electron chi connectivity index (χ4n) is 3.87. The summed E-state index contributed by atoms with van der Waals surface area (Å²) in [5.74, 6) is -3.55. The third-order valence-corrected chi connectivity index (χ3v) is 5.50. The number of hydrazine groups is 1. The number of carboxylic acid groups (broad SMARTS) is 1. The second kappa shape index (κ2) is 11.2. The molecule has 1 aromatic rings. The van der Waals surface area contributed by atoms with Crippen LogP contribution in [0.15, 0.2) is 30.6 Å². The van der Waals surface area contributed by atoms with Crippen molar-refractivity contribution in [3.8, 4) is 0 Å². The number of nitrogens with one attached hydrogen (secondary N) is 2. The summed E-state index contributed by atoms with van der Waals surface area (Å²) < 4.78 is 0. The topological polar surface area (TPSA) is 166 Å². The highest BCUT2D eigenvalue weighted by atomic mass is 16.4. The van der Waals surface area contributed by atoms with Gasteiger partial charge in [-0.25, -0.2) is 5.01 Å². The average Bonchev–Trinajstić information content (AvgIpc) is 2.94. The van der Waals surface area contributed by atoms with E-state index in [2.05, 4.69) is 15.6 Å². The lowest BCUT2D eigenvalue weighted by Gasteiger charge is -2.43. The Morgan fingerprint density at radius 2 is 1.94 bits per heavy atom. The van der Waals surface area contributed by atoms with Gasteiger partial charge in [-0.15, -0.1) is 0 Å². The van der Waals surface area contributed by atoms with E-state index in [0.29, 0.717) is 12.7 Å². The molecule has 2 fully saturated rings. The second-order valence-corrected chi connectivity index (χ2v) is 7.92. The Balaban J connectivity index is 1.75. The van der Waals surface area contributed by atoms with Crippen LogP contribution in [0.5, 0.6) is 0 Å². The van der Waals surface area contributed by atoms with Gasteiger partial charge in [-0.1, -0.05) is 0 Å². The van der Waals surface area contributed by atoms with E-state index in [0.717, 1.165) is 10.6 Å². The van der Waals surface area contributed by atoms with Crippen molar-refractivity contribution >= 4 is 42.0 Å². The van der Waals surface area contributed by atoms with Crippen molar-refractivity contribution in [1.29, 1.82) is 0 Å². The minimum absolute atomic E-state index is 0.00836. The average molecular weight is 471 g/mol. The van der Waals surface area contributed by atoms with Crippen molar-refractivity contribution in [3.05, 3.63) is 36.2 Å². The number of amides is 4. The summed E-state index contributed by atoms with van der Waals surface area (Å²) in [6.45, 7) is 0.225. The van der Waals surface area contributed by atoms with Gasteiger partial charge in [0.05, 0.1) is 12.5 Å². The Morgan fingerprint density at radius 1 is 1.21 bits per heavy atom. The third kappa shape index (κ3) is 6.03. The van der Waals surface area contributed by atoms with E-state index in [1.54, 1.807) is 30.6 Å². The SMILES string of the molecule is O=C[C@H](CC(=O)O)NC(=O)[C@@H]1CCCN2C(=O)CC[C@H](NC(=O)C=Cc3ccncc3)C(=O)N12. The minimum Gasteiger partial charge on any atom is -0.481 e. The van der Waals surface area contributed by atoms with Crippen molar-refractivity contribution < 1.29 is 33.9 Å². The Morgan fingerprint density at radius 3 is 2.62 bits per heavy atom. The molecule has 0 aromatic carbocycles. The van der Waals surface area contributed by atoms with Crippen LogP contribution in [-0.2, 0) is 28.8 Å². The summed E-state index contributed by atoms with van der Waals surface area (Å²) in [4.78, 5) is 77.2. The fraction of sp³-hybridized carbons (Fsp3) is 0.409. The highest BCUT2D eigenvalue weighted by Gasteiger charge is 2.44. The highest BCUT2D eigenvalue weighted by molar-refractivity contribution is 5.98. The summed E-state index contributed by atoms with van der Waals surface area (Å²) in [5, 5.41) is 16.1. The Kier molecular flexibility index (Phi) is 8.06. The molecule has 3 rings (SSSR count). The van der Waals surface area contributed by atoms with Gasteiger partial charge in [0.2, 0.25) is 17.7 Å². The molecular weight excluding hydrogens is 446 g/mol. The summed E-state index contributed by atoms with van der Waals surface area (Å²) in [6, 6.07) is -0.0353. The number of aliphatic carboxylic acids is 1. The minimum atomic E-state index is -1.27. The molecule has 0 saturated carbocycles. The Hall–Kier alpha value is -4.09. The van der Waals surface area contributed by atoms with Crippen LogP contribution in [0.4, 0.5) is 0 Å². The van der Waals surface area contributed by atoms with Gasteiger partial charge < -0.3 is 20.5 Å². The number of rotatable bonds is 8. The normalized spacial score (nSPS) is 21.4. The molecule has 12 nitrogen and oxygen atoms in total. The molecule has 0 bridgehead atoms. The predicted octanol–water partition coefficient (Wildman–Crippen LogP) is -0.734. The van der Waals surface area contributed by atoms with Gasteiger partial charge in [0.1, 0.15) is 18.4 Å². The van der Waals surface area contributed by atoms with E-state index in [1.165, 1.54) is 11.1 Å². The Bertz CT molecular complexity index is 997. The van der Waals surface area contributed by atoms with Gasteiger partial charge in [0.25, 0.3) is 5.91 Å². The van der Waals surface area contributed by atoms with E-state index in [-0.39, 0.29) is 31.7 Å². The number of carboxylic acids is 1. The lowest BCUT2D eigenvalue weighted by molar-refractivity contribution is -0.176. The third-order valence-electron chi connectivity index (χ3n) is 5.50. The second-order valence-electron chi connectivity index (χ2n) is 7.92. The predicted molar refractivity (Wildman–Crippen MR) is 116 cm³/mol. The number of aldehydes is 1. The van der Waals surface area contributed by atoms with Gasteiger partial charge in [-0.3, -0.25) is 34.0 Å². The van der Waals surface area contributed by atoms with Crippen molar-refractivity contribution in [2.75, 3.05) is 6.54 Å².